The molecule has 0 fully saturated rings. The largest absolute Gasteiger partial charge is 0.491 e. The Hall–Kier alpha value is -2.21. The fraction of sp³-hybridized carbons (Fsp3) is 0.294. The van der Waals surface area contributed by atoms with Gasteiger partial charge in [0.1, 0.15) is 12.4 Å². The van der Waals surface area contributed by atoms with Crippen LogP contribution in [0.2, 0.25) is 0 Å². The molecule has 0 bridgehead atoms. The Morgan fingerprint density at radius 1 is 1.30 bits per heavy atom. The number of methoxy groups -OCH3 is 1. The molecular formula is C17H20N2O3S. The number of benzene rings is 1. The number of rotatable bonds is 2. The van der Waals surface area contributed by atoms with Crippen LogP contribution < -0.4 is 9.64 Å². The van der Waals surface area contributed by atoms with Crippen molar-refractivity contribution in [3.05, 3.63) is 53.9 Å². The van der Waals surface area contributed by atoms with Crippen LogP contribution in [0.5, 0.6) is 5.75 Å². The van der Waals surface area contributed by atoms with Crippen LogP contribution in [0.4, 0.5) is 5.69 Å². The van der Waals surface area contributed by atoms with Crippen LogP contribution in [0.3, 0.4) is 0 Å². The Bertz CT molecular complexity index is 679. The van der Waals surface area contributed by atoms with Gasteiger partial charge in [0.25, 0.3) is 0 Å². The molecule has 0 aliphatic carbocycles. The van der Waals surface area contributed by atoms with Crippen molar-refractivity contribution in [3.8, 4) is 5.75 Å². The van der Waals surface area contributed by atoms with Gasteiger partial charge < -0.3 is 14.4 Å². The molecule has 1 aromatic heterocycles. The maximum Gasteiger partial charge on any atom is 0.337 e. The van der Waals surface area contributed by atoms with Crippen molar-refractivity contribution in [2.45, 2.75) is 19.5 Å². The van der Waals surface area contributed by atoms with Gasteiger partial charge in [-0.1, -0.05) is 6.07 Å². The lowest BCUT2D eigenvalue weighted by Crippen LogP contribution is -2.34. The molecule has 0 saturated carbocycles. The Morgan fingerprint density at radius 2 is 2.04 bits per heavy atom. The Morgan fingerprint density at radius 3 is 2.74 bits per heavy atom. The highest BCUT2D eigenvalue weighted by Crippen LogP contribution is 2.29. The minimum absolute atomic E-state index is 0. The lowest BCUT2D eigenvalue weighted by molar-refractivity contribution is 0.0600. The summed E-state index contributed by atoms with van der Waals surface area (Å²) in [6.07, 6.45) is 3.57. The fourth-order valence-corrected chi connectivity index (χ4v) is 2.59. The highest BCUT2D eigenvalue weighted by molar-refractivity contribution is 7.59. The van der Waals surface area contributed by atoms with Crippen LogP contribution >= 0.6 is 13.5 Å². The van der Waals surface area contributed by atoms with Gasteiger partial charge in [-0.05, 0) is 31.2 Å². The second-order valence-electron chi connectivity index (χ2n) is 5.31. The molecule has 1 aromatic carbocycles. The Kier molecular flexibility index (Phi) is 5.50. The number of carbonyl (C=O) groups is 1. The van der Waals surface area contributed by atoms with Gasteiger partial charge in [0.05, 0.1) is 18.7 Å². The van der Waals surface area contributed by atoms with Crippen molar-refractivity contribution in [2.75, 3.05) is 18.6 Å². The number of aromatic nitrogens is 1. The number of fused-ring (bicyclic) bond motifs is 1. The van der Waals surface area contributed by atoms with E-state index in [1.165, 1.54) is 7.11 Å². The molecule has 3 rings (SSSR count). The summed E-state index contributed by atoms with van der Waals surface area (Å²) in [4.78, 5) is 18.0. The summed E-state index contributed by atoms with van der Waals surface area (Å²) in [5, 5.41) is 0. The standard InChI is InChI=1S/C17H18N2O3.H2S/c1-12-11-22-16-9-13(17(20)21-2)3-4-14(16)10-19(12)15-5-7-18-8-6-15;/h3-9,12H,10-11H2,1-2H3;1H2/t12-;/m0./s1. The fourth-order valence-electron chi connectivity index (χ4n) is 2.59. The number of hydrogen-bond donors (Lipinski definition) is 0. The van der Waals surface area contributed by atoms with Crippen molar-refractivity contribution in [1.29, 1.82) is 0 Å². The van der Waals surface area contributed by atoms with Crippen LogP contribution in [0.25, 0.3) is 0 Å². The van der Waals surface area contributed by atoms with Crippen LogP contribution in [0.1, 0.15) is 22.8 Å². The molecule has 6 heteroatoms. The van der Waals surface area contributed by atoms with Gasteiger partial charge in [-0.3, -0.25) is 4.98 Å². The van der Waals surface area contributed by atoms with Gasteiger partial charge >= 0.3 is 5.97 Å². The average Bonchev–Trinajstić information content (AvgIpc) is 2.74. The molecule has 2 heterocycles. The predicted octanol–water partition coefficient (Wildman–Crippen LogP) is 2.77. The number of ether oxygens (including phenoxy) is 2. The van der Waals surface area contributed by atoms with Gasteiger partial charge in [-0.15, -0.1) is 0 Å². The van der Waals surface area contributed by atoms with E-state index in [1.807, 2.05) is 18.2 Å². The Balaban J connectivity index is 0.00000192. The summed E-state index contributed by atoms with van der Waals surface area (Å²) < 4.78 is 10.6. The van der Waals surface area contributed by atoms with E-state index in [9.17, 15) is 4.79 Å². The molecule has 0 unspecified atom stereocenters. The summed E-state index contributed by atoms with van der Waals surface area (Å²) in [5.74, 6) is 0.390. The van der Waals surface area contributed by atoms with Crippen LogP contribution in [-0.4, -0.2) is 30.7 Å². The monoisotopic (exact) mass is 332 g/mol. The van der Waals surface area contributed by atoms with Gasteiger partial charge in [0.2, 0.25) is 0 Å². The van der Waals surface area contributed by atoms with E-state index in [1.54, 1.807) is 24.5 Å². The van der Waals surface area contributed by atoms with Crippen LogP contribution in [0, 0.1) is 0 Å². The molecule has 0 spiro atoms. The minimum Gasteiger partial charge on any atom is -0.491 e. The van der Waals surface area contributed by atoms with E-state index in [2.05, 4.69) is 16.8 Å². The molecule has 23 heavy (non-hydrogen) atoms. The topological polar surface area (TPSA) is 51.7 Å². The highest BCUT2D eigenvalue weighted by atomic mass is 32.1. The number of carbonyl (C=O) groups excluding carboxylic acids is 1. The third-order valence-corrected chi connectivity index (χ3v) is 3.84. The molecule has 0 N–H and O–H groups in total. The van der Waals surface area contributed by atoms with Crippen molar-refractivity contribution >= 4 is 25.2 Å². The second-order valence-corrected chi connectivity index (χ2v) is 5.31. The quantitative estimate of drug-likeness (QED) is 0.792. The zero-order valence-corrected chi connectivity index (χ0v) is 14.2. The third-order valence-electron chi connectivity index (χ3n) is 3.84. The third kappa shape index (κ3) is 3.59. The molecule has 1 aliphatic heterocycles. The lowest BCUT2D eigenvalue weighted by atomic mass is 10.1. The first-order valence-corrected chi connectivity index (χ1v) is 7.19. The molecule has 0 radical (unpaired) electrons. The van der Waals surface area contributed by atoms with Gasteiger partial charge in [-0.2, -0.15) is 13.5 Å². The average molecular weight is 332 g/mol. The molecule has 0 amide bonds. The molecule has 1 atom stereocenters. The number of nitrogens with zero attached hydrogens (tertiary/aromatic N) is 2. The number of anilines is 1. The maximum atomic E-state index is 11.6. The maximum absolute atomic E-state index is 11.6. The first kappa shape index (κ1) is 17.1. The van der Waals surface area contributed by atoms with Crippen molar-refractivity contribution in [3.63, 3.8) is 0 Å². The first-order chi connectivity index (χ1) is 10.7. The van der Waals surface area contributed by atoms with E-state index in [0.717, 1.165) is 23.5 Å². The van der Waals surface area contributed by atoms with E-state index in [-0.39, 0.29) is 25.5 Å². The molecule has 122 valence electrons. The predicted molar refractivity (Wildman–Crippen MR) is 93.5 cm³/mol. The van der Waals surface area contributed by atoms with Gasteiger partial charge in [-0.25, -0.2) is 4.79 Å². The minimum atomic E-state index is -0.352. The summed E-state index contributed by atoms with van der Waals surface area (Å²) >= 11 is 0. The summed E-state index contributed by atoms with van der Waals surface area (Å²) in [6.45, 7) is 3.40. The lowest BCUT2D eigenvalue weighted by Gasteiger charge is -2.28. The van der Waals surface area contributed by atoms with E-state index in [4.69, 9.17) is 9.47 Å². The second kappa shape index (κ2) is 7.37. The van der Waals surface area contributed by atoms with Crippen molar-refractivity contribution in [1.82, 2.24) is 4.98 Å². The molecular weight excluding hydrogens is 312 g/mol. The van der Waals surface area contributed by atoms with Crippen molar-refractivity contribution in [2.24, 2.45) is 0 Å². The van der Waals surface area contributed by atoms with Gasteiger partial charge in [0, 0.05) is 30.2 Å². The summed E-state index contributed by atoms with van der Waals surface area (Å²) in [5.41, 5.74) is 2.66. The zero-order valence-electron chi connectivity index (χ0n) is 13.2. The number of pyridine rings is 1. The van der Waals surface area contributed by atoms with E-state index >= 15 is 0 Å². The van der Waals surface area contributed by atoms with Gasteiger partial charge in [0.15, 0.2) is 0 Å². The molecule has 0 saturated heterocycles. The molecule has 2 aromatic rings. The summed E-state index contributed by atoms with van der Waals surface area (Å²) in [6, 6.07) is 9.65. The summed E-state index contributed by atoms with van der Waals surface area (Å²) in [7, 11) is 1.38. The zero-order chi connectivity index (χ0) is 15.5. The van der Waals surface area contributed by atoms with Crippen molar-refractivity contribution < 1.29 is 14.3 Å². The number of hydrogen-bond acceptors (Lipinski definition) is 5. The normalized spacial score (nSPS) is 16.4. The van der Waals surface area contributed by atoms with E-state index < -0.39 is 0 Å². The molecule has 5 nitrogen and oxygen atoms in total. The van der Waals surface area contributed by atoms with Crippen LogP contribution in [-0.2, 0) is 11.3 Å². The smallest absolute Gasteiger partial charge is 0.337 e. The molecule has 1 aliphatic rings. The highest BCUT2D eigenvalue weighted by Gasteiger charge is 2.22. The number of esters is 1. The van der Waals surface area contributed by atoms with Crippen LogP contribution in [0.15, 0.2) is 42.7 Å². The Labute approximate surface area is 142 Å². The first-order valence-electron chi connectivity index (χ1n) is 7.19. The van der Waals surface area contributed by atoms with E-state index in [0.29, 0.717) is 12.2 Å². The SMILES string of the molecule is COC(=O)c1ccc2c(c1)OC[C@H](C)N(c1ccncc1)C2.S.